The largest absolute Gasteiger partial charge is 0.393 e. The maximum absolute atomic E-state index is 14.4. The van der Waals surface area contributed by atoms with Gasteiger partial charge < -0.3 is 15.3 Å². The standard InChI is InChI=1S/C27H45FO3/c1-16(6-11-23(28)25(2,3)31)20-9-10-21-19-8-7-17-14-18(29)15-24(30)27(17,5)22(19)12-13-26(20,21)4/h7,16,18-24,29-31H,6,8-15H2,1-5H3/t16-,18?,19+,20-,21+,22+,23?,24+,26-,27+/m1/s1. The molecule has 0 bridgehead atoms. The quantitative estimate of drug-likeness (QED) is 0.504. The number of allylic oxidation sites excluding steroid dienone is 1. The first-order valence-corrected chi connectivity index (χ1v) is 12.8. The lowest BCUT2D eigenvalue weighted by Crippen LogP contribution is -2.55. The molecule has 0 heterocycles. The van der Waals surface area contributed by atoms with E-state index in [4.69, 9.17) is 0 Å². The minimum Gasteiger partial charge on any atom is -0.393 e. The Balaban J connectivity index is 1.50. The van der Waals surface area contributed by atoms with Crippen LogP contribution in [0.5, 0.6) is 0 Å². The van der Waals surface area contributed by atoms with Crippen molar-refractivity contribution in [2.45, 2.75) is 116 Å². The summed E-state index contributed by atoms with van der Waals surface area (Å²) in [6.07, 6.45) is 8.75. The van der Waals surface area contributed by atoms with Crippen LogP contribution in [0.2, 0.25) is 0 Å². The molecule has 4 heteroatoms. The molecule has 3 saturated carbocycles. The van der Waals surface area contributed by atoms with E-state index in [-0.39, 0.29) is 5.41 Å². The zero-order chi connectivity index (χ0) is 22.8. The number of fused-ring (bicyclic) bond motifs is 5. The molecule has 0 aromatic carbocycles. The van der Waals surface area contributed by atoms with Crippen LogP contribution in [0.3, 0.4) is 0 Å². The van der Waals surface area contributed by atoms with Gasteiger partial charge in [0.25, 0.3) is 0 Å². The molecule has 178 valence electrons. The molecule has 3 nitrogen and oxygen atoms in total. The first kappa shape index (κ1) is 23.7. The van der Waals surface area contributed by atoms with E-state index in [0.29, 0.717) is 47.8 Å². The molecule has 4 rings (SSSR count). The fourth-order valence-electron chi connectivity index (χ4n) is 8.64. The third kappa shape index (κ3) is 3.83. The van der Waals surface area contributed by atoms with E-state index in [2.05, 4.69) is 26.8 Å². The first-order valence-electron chi connectivity index (χ1n) is 12.8. The van der Waals surface area contributed by atoms with E-state index in [1.54, 1.807) is 13.8 Å². The Hall–Kier alpha value is -0.450. The second-order valence-electron chi connectivity index (χ2n) is 12.6. The molecule has 4 aliphatic carbocycles. The van der Waals surface area contributed by atoms with Crippen LogP contribution in [0.15, 0.2) is 11.6 Å². The van der Waals surface area contributed by atoms with Crippen LogP contribution < -0.4 is 0 Å². The van der Waals surface area contributed by atoms with Gasteiger partial charge in [0.1, 0.15) is 6.17 Å². The van der Waals surface area contributed by atoms with Crippen molar-refractivity contribution in [1.29, 1.82) is 0 Å². The van der Waals surface area contributed by atoms with Crippen LogP contribution in [-0.4, -0.2) is 39.3 Å². The predicted octanol–water partition coefficient (Wildman–Crippen LogP) is 5.42. The number of hydrogen-bond acceptors (Lipinski definition) is 3. The molecule has 3 fully saturated rings. The van der Waals surface area contributed by atoms with Crippen LogP contribution in [-0.2, 0) is 0 Å². The average Bonchev–Trinajstić information content (AvgIpc) is 3.03. The summed E-state index contributed by atoms with van der Waals surface area (Å²) in [7, 11) is 0. The fourth-order valence-corrected chi connectivity index (χ4v) is 8.64. The maximum Gasteiger partial charge on any atom is 0.128 e. The van der Waals surface area contributed by atoms with E-state index in [1.807, 2.05) is 0 Å². The van der Waals surface area contributed by atoms with Crippen LogP contribution in [0.1, 0.15) is 92.4 Å². The second-order valence-corrected chi connectivity index (χ2v) is 12.6. The van der Waals surface area contributed by atoms with Crippen LogP contribution in [0.25, 0.3) is 0 Å². The molecule has 0 aromatic heterocycles. The van der Waals surface area contributed by atoms with Crippen molar-refractivity contribution >= 4 is 0 Å². The monoisotopic (exact) mass is 436 g/mol. The predicted molar refractivity (Wildman–Crippen MR) is 122 cm³/mol. The minimum atomic E-state index is -1.25. The highest BCUT2D eigenvalue weighted by molar-refractivity contribution is 5.27. The number of aliphatic hydroxyl groups excluding tert-OH is 2. The summed E-state index contributed by atoms with van der Waals surface area (Å²) < 4.78 is 14.4. The van der Waals surface area contributed by atoms with Crippen molar-refractivity contribution in [3.8, 4) is 0 Å². The summed E-state index contributed by atoms with van der Waals surface area (Å²) in [6.45, 7) is 10.2. The number of hydrogen-bond donors (Lipinski definition) is 3. The molecule has 0 radical (unpaired) electrons. The Morgan fingerprint density at radius 3 is 2.52 bits per heavy atom. The Morgan fingerprint density at radius 1 is 1.13 bits per heavy atom. The highest BCUT2D eigenvalue weighted by Gasteiger charge is 2.60. The van der Waals surface area contributed by atoms with Gasteiger partial charge in [-0.15, -0.1) is 0 Å². The van der Waals surface area contributed by atoms with E-state index in [1.165, 1.54) is 24.8 Å². The Morgan fingerprint density at radius 2 is 1.84 bits per heavy atom. The minimum absolute atomic E-state index is 0.179. The fraction of sp³-hybridized carbons (Fsp3) is 0.926. The third-order valence-corrected chi connectivity index (χ3v) is 10.6. The van der Waals surface area contributed by atoms with Gasteiger partial charge in [0.05, 0.1) is 17.8 Å². The van der Waals surface area contributed by atoms with E-state index < -0.39 is 24.0 Å². The Labute approximate surface area is 188 Å². The van der Waals surface area contributed by atoms with Crippen LogP contribution in [0.4, 0.5) is 4.39 Å². The highest BCUT2D eigenvalue weighted by Crippen LogP contribution is 2.67. The number of alkyl halides is 1. The summed E-state index contributed by atoms with van der Waals surface area (Å²) >= 11 is 0. The van der Waals surface area contributed by atoms with Crippen molar-refractivity contribution in [1.82, 2.24) is 0 Å². The summed E-state index contributed by atoms with van der Waals surface area (Å²) in [5.74, 6) is 2.87. The lowest BCUT2D eigenvalue weighted by Gasteiger charge is -2.59. The third-order valence-electron chi connectivity index (χ3n) is 10.6. The first-order chi connectivity index (χ1) is 14.4. The molecular weight excluding hydrogens is 391 g/mol. The number of aliphatic hydroxyl groups is 3. The maximum atomic E-state index is 14.4. The molecule has 0 aliphatic heterocycles. The molecule has 10 atom stereocenters. The van der Waals surface area contributed by atoms with E-state index in [9.17, 15) is 19.7 Å². The second kappa shape index (κ2) is 8.09. The lowest BCUT2D eigenvalue weighted by atomic mass is 9.46. The number of rotatable bonds is 5. The average molecular weight is 437 g/mol. The zero-order valence-corrected chi connectivity index (χ0v) is 20.3. The van der Waals surface area contributed by atoms with Gasteiger partial charge in [0, 0.05) is 11.8 Å². The van der Waals surface area contributed by atoms with Crippen LogP contribution >= 0.6 is 0 Å². The molecule has 0 amide bonds. The van der Waals surface area contributed by atoms with E-state index >= 15 is 0 Å². The summed E-state index contributed by atoms with van der Waals surface area (Å²) in [4.78, 5) is 0. The van der Waals surface area contributed by atoms with Gasteiger partial charge in [-0.1, -0.05) is 32.4 Å². The SMILES string of the molecule is C[C@H](CCC(F)C(C)(C)O)[C@H]1CC[C@H]2[C@@H]3CC=C4CC(O)C[C@H](O)[C@]4(C)[C@H]3CC[C@]12C. The van der Waals surface area contributed by atoms with Crippen LogP contribution in [0, 0.1) is 40.4 Å². The smallest absolute Gasteiger partial charge is 0.128 e. The van der Waals surface area contributed by atoms with Crippen molar-refractivity contribution in [2.75, 3.05) is 0 Å². The van der Waals surface area contributed by atoms with Gasteiger partial charge in [-0.2, -0.15) is 0 Å². The van der Waals surface area contributed by atoms with Crippen molar-refractivity contribution < 1.29 is 19.7 Å². The molecule has 0 aromatic rings. The Kier molecular flexibility index (Phi) is 6.19. The van der Waals surface area contributed by atoms with Gasteiger partial charge in [-0.25, -0.2) is 4.39 Å². The number of halogens is 1. The molecule has 4 aliphatic rings. The van der Waals surface area contributed by atoms with Gasteiger partial charge in [0.2, 0.25) is 0 Å². The van der Waals surface area contributed by atoms with Crippen molar-refractivity contribution in [2.24, 2.45) is 40.4 Å². The summed E-state index contributed by atoms with van der Waals surface area (Å²) in [5, 5.41) is 31.2. The van der Waals surface area contributed by atoms with Crippen molar-refractivity contribution in [3.05, 3.63) is 11.6 Å². The van der Waals surface area contributed by atoms with Gasteiger partial charge in [0.15, 0.2) is 0 Å². The normalized spacial score (nSPS) is 47.1. The van der Waals surface area contributed by atoms with Gasteiger partial charge in [-0.3, -0.25) is 0 Å². The summed E-state index contributed by atoms with van der Waals surface area (Å²) in [5.41, 5.74) is 0.159. The lowest BCUT2D eigenvalue weighted by molar-refractivity contribution is -0.108. The van der Waals surface area contributed by atoms with Gasteiger partial charge >= 0.3 is 0 Å². The zero-order valence-electron chi connectivity index (χ0n) is 20.3. The molecule has 0 saturated heterocycles. The molecule has 3 N–H and O–H groups in total. The van der Waals surface area contributed by atoms with Gasteiger partial charge in [-0.05, 0) is 100 Å². The molecule has 31 heavy (non-hydrogen) atoms. The molecular formula is C27H45FO3. The summed E-state index contributed by atoms with van der Waals surface area (Å²) in [6, 6.07) is 0. The van der Waals surface area contributed by atoms with E-state index in [0.717, 1.165) is 25.7 Å². The highest BCUT2D eigenvalue weighted by atomic mass is 19.1. The van der Waals surface area contributed by atoms with Crippen molar-refractivity contribution in [3.63, 3.8) is 0 Å². The topological polar surface area (TPSA) is 60.7 Å². The Bertz CT molecular complexity index is 699. The molecule has 0 spiro atoms. The molecule has 2 unspecified atom stereocenters.